The number of cyclic esters (lactones) is 1. The summed E-state index contributed by atoms with van der Waals surface area (Å²) in [6.07, 6.45) is 0. The first kappa shape index (κ1) is 10.0. The number of ether oxygens (including phenoxy) is 1. The lowest BCUT2D eigenvalue weighted by molar-refractivity contribution is 0.0535. The zero-order chi connectivity index (χ0) is 11.8. The van der Waals surface area contributed by atoms with Gasteiger partial charge in [0.25, 0.3) is 0 Å². The molecule has 0 saturated carbocycles. The fourth-order valence-electron chi connectivity index (χ4n) is 1.98. The molecule has 3 heteroatoms. The molecule has 17 heavy (non-hydrogen) atoms. The quantitative estimate of drug-likeness (QED) is 0.701. The molecule has 0 spiro atoms. The molecule has 1 aliphatic heterocycles. The van der Waals surface area contributed by atoms with Crippen molar-refractivity contribution < 1.29 is 13.9 Å². The van der Waals surface area contributed by atoms with Gasteiger partial charge in [0.05, 0.1) is 5.56 Å². The van der Waals surface area contributed by atoms with Crippen LogP contribution in [0.5, 0.6) is 0 Å². The zero-order valence-electron chi connectivity index (χ0n) is 8.94. The third-order valence-corrected chi connectivity index (χ3v) is 2.87. The van der Waals surface area contributed by atoms with E-state index in [2.05, 4.69) is 0 Å². The molecule has 2 aromatic carbocycles. The number of carbonyl (C=O) groups is 1. The highest BCUT2D eigenvalue weighted by Crippen LogP contribution is 2.28. The molecule has 1 aliphatic rings. The average molecular weight is 228 g/mol. The van der Waals surface area contributed by atoms with Crippen molar-refractivity contribution >= 4 is 5.97 Å². The van der Waals surface area contributed by atoms with Gasteiger partial charge >= 0.3 is 5.97 Å². The summed E-state index contributed by atoms with van der Waals surface area (Å²) in [4.78, 5) is 11.4. The molecular weight excluding hydrogens is 219 g/mol. The van der Waals surface area contributed by atoms with Crippen molar-refractivity contribution in [3.8, 4) is 11.1 Å². The Bertz CT molecular complexity index is 605. The van der Waals surface area contributed by atoms with Crippen molar-refractivity contribution in [1.29, 1.82) is 0 Å². The number of benzene rings is 2. The van der Waals surface area contributed by atoms with Gasteiger partial charge in [0.15, 0.2) is 0 Å². The van der Waals surface area contributed by atoms with E-state index in [1.54, 1.807) is 30.3 Å². The maximum Gasteiger partial charge on any atom is 0.338 e. The molecule has 0 amide bonds. The lowest BCUT2D eigenvalue weighted by Crippen LogP contribution is -1.94. The molecular formula is C14H9FO2. The largest absolute Gasteiger partial charge is 0.457 e. The van der Waals surface area contributed by atoms with Gasteiger partial charge < -0.3 is 4.74 Å². The molecule has 3 rings (SSSR count). The van der Waals surface area contributed by atoms with E-state index >= 15 is 0 Å². The molecule has 0 aliphatic carbocycles. The first-order valence-corrected chi connectivity index (χ1v) is 5.30. The Hall–Kier alpha value is -2.16. The SMILES string of the molecule is O=C1OCc2ccc(-c3ccccc3F)cc21. The highest BCUT2D eigenvalue weighted by atomic mass is 19.1. The van der Waals surface area contributed by atoms with Gasteiger partial charge in [-0.05, 0) is 17.7 Å². The van der Waals surface area contributed by atoms with Gasteiger partial charge in [0, 0.05) is 11.1 Å². The Labute approximate surface area is 97.7 Å². The Balaban J connectivity index is 2.15. The van der Waals surface area contributed by atoms with Gasteiger partial charge in [-0.2, -0.15) is 0 Å². The molecule has 84 valence electrons. The van der Waals surface area contributed by atoms with E-state index in [0.717, 1.165) is 5.56 Å². The fourth-order valence-corrected chi connectivity index (χ4v) is 1.98. The number of hydrogen-bond donors (Lipinski definition) is 0. The van der Waals surface area contributed by atoms with E-state index in [9.17, 15) is 9.18 Å². The first-order valence-electron chi connectivity index (χ1n) is 5.30. The van der Waals surface area contributed by atoms with E-state index in [1.807, 2.05) is 6.07 Å². The van der Waals surface area contributed by atoms with Crippen LogP contribution in [-0.4, -0.2) is 5.97 Å². The molecule has 0 radical (unpaired) electrons. The van der Waals surface area contributed by atoms with E-state index in [-0.39, 0.29) is 11.8 Å². The van der Waals surface area contributed by atoms with Crippen molar-refractivity contribution in [2.45, 2.75) is 6.61 Å². The van der Waals surface area contributed by atoms with Crippen molar-refractivity contribution in [2.75, 3.05) is 0 Å². The van der Waals surface area contributed by atoms with Crippen LogP contribution >= 0.6 is 0 Å². The Morgan fingerprint density at radius 2 is 1.88 bits per heavy atom. The molecule has 2 aromatic rings. The number of esters is 1. The van der Waals surface area contributed by atoms with Crippen LogP contribution in [0.1, 0.15) is 15.9 Å². The van der Waals surface area contributed by atoms with Crippen molar-refractivity contribution in [1.82, 2.24) is 0 Å². The van der Waals surface area contributed by atoms with E-state index in [1.165, 1.54) is 6.07 Å². The second-order valence-electron chi connectivity index (χ2n) is 3.93. The van der Waals surface area contributed by atoms with Crippen molar-refractivity contribution in [2.24, 2.45) is 0 Å². The predicted octanol–water partition coefficient (Wildman–Crippen LogP) is 3.16. The van der Waals surface area contributed by atoms with Crippen LogP contribution < -0.4 is 0 Å². The van der Waals surface area contributed by atoms with E-state index < -0.39 is 0 Å². The third-order valence-electron chi connectivity index (χ3n) is 2.87. The molecule has 2 nitrogen and oxygen atoms in total. The third kappa shape index (κ3) is 1.60. The summed E-state index contributed by atoms with van der Waals surface area (Å²) in [5, 5.41) is 0. The van der Waals surface area contributed by atoms with Crippen LogP contribution in [0, 0.1) is 5.82 Å². The van der Waals surface area contributed by atoms with Crippen molar-refractivity contribution in [3.05, 3.63) is 59.4 Å². The summed E-state index contributed by atoms with van der Waals surface area (Å²) in [7, 11) is 0. The number of hydrogen-bond acceptors (Lipinski definition) is 2. The monoisotopic (exact) mass is 228 g/mol. The summed E-state index contributed by atoms with van der Waals surface area (Å²) in [6.45, 7) is 0.311. The molecule has 0 N–H and O–H groups in total. The predicted molar refractivity (Wildman–Crippen MR) is 61.0 cm³/mol. The minimum atomic E-state index is -0.335. The number of halogens is 1. The molecule has 0 unspecified atom stereocenters. The topological polar surface area (TPSA) is 26.3 Å². The van der Waals surface area contributed by atoms with Gasteiger partial charge in [0.2, 0.25) is 0 Å². The lowest BCUT2D eigenvalue weighted by Gasteiger charge is -2.04. The van der Waals surface area contributed by atoms with Crippen LogP contribution in [0.25, 0.3) is 11.1 Å². The Kier molecular flexibility index (Phi) is 2.18. The number of carbonyl (C=O) groups excluding carboxylic acids is 1. The molecule has 0 fully saturated rings. The van der Waals surface area contributed by atoms with Crippen LogP contribution in [0.2, 0.25) is 0 Å². The smallest absolute Gasteiger partial charge is 0.338 e. The fraction of sp³-hybridized carbons (Fsp3) is 0.0714. The molecule has 1 heterocycles. The van der Waals surface area contributed by atoms with Gasteiger partial charge in [-0.15, -0.1) is 0 Å². The van der Waals surface area contributed by atoms with E-state index in [4.69, 9.17) is 4.74 Å². The summed E-state index contributed by atoms with van der Waals surface area (Å²) in [5.74, 6) is -0.628. The van der Waals surface area contributed by atoms with Gasteiger partial charge in [-0.25, -0.2) is 9.18 Å². The highest BCUT2D eigenvalue weighted by Gasteiger charge is 2.21. The maximum absolute atomic E-state index is 13.6. The lowest BCUT2D eigenvalue weighted by atomic mass is 10.00. The van der Waals surface area contributed by atoms with Crippen LogP contribution in [-0.2, 0) is 11.3 Å². The molecule has 0 bridgehead atoms. The van der Waals surface area contributed by atoms with Crippen molar-refractivity contribution in [3.63, 3.8) is 0 Å². The normalized spacial score (nSPS) is 13.4. The minimum absolute atomic E-state index is 0.293. The minimum Gasteiger partial charge on any atom is -0.457 e. The Morgan fingerprint density at radius 3 is 2.71 bits per heavy atom. The van der Waals surface area contributed by atoms with Crippen LogP contribution in [0.3, 0.4) is 0 Å². The molecule has 0 atom stereocenters. The summed E-state index contributed by atoms with van der Waals surface area (Å²) < 4.78 is 18.5. The zero-order valence-corrected chi connectivity index (χ0v) is 8.94. The van der Waals surface area contributed by atoms with Gasteiger partial charge in [-0.1, -0.05) is 30.3 Å². The van der Waals surface area contributed by atoms with Crippen LogP contribution in [0.15, 0.2) is 42.5 Å². The second kappa shape index (κ2) is 3.70. The van der Waals surface area contributed by atoms with Gasteiger partial charge in [0.1, 0.15) is 12.4 Å². The van der Waals surface area contributed by atoms with E-state index in [0.29, 0.717) is 23.3 Å². The molecule has 0 saturated heterocycles. The average Bonchev–Trinajstić information content (AvgIpc) is 2.71. The first-order chi connectivity index (χ1) is 8.25. The highest BCUT2D eigenvalue weighted by molar-refractivity contribution is 5.94. The number of fused-ring (bicyclic) bond motifs is 1. The van der Waals surface area contributed by atoms with Gasteiger partial charge in [-0.3, -0.25) is 0 Å². The molecule has 0 aromatic heterocycles. The van der Waals surface area contributed by atoms with Crippen LogP contribution in [0.4, 0.5) is 4.39 Å². The number of rotatable bonds is 1. The standard InChI is InChI=1S/C14H9FO2/c15-13-4-2-1-3-11(13)9-5-6-10-8-17-14(16)12(10)7-9/h1-7H,8H2. The summed E-state index contributed by atoms with van der Waals surface area (Å²) in [5.41, 5.74) is 2.58. The maximum atomic E-state index is 13.6. The second-order valence-corrected chi connectivity index (χ2v) is 3.93. The Morgan fingerprint density at radius 1 is 1.06 bits per heavy atom. The summed E-state index contributed by atoms with van der Waals surface area (Å²) >= 11 is 0. The summed E-state index contributed by atoms with van der Waals surface area (Å²) in [6, 6.07) is 11.8.